The van der Waals surface area contributed by atoms with Gasteiger partial charge in [0, 0.05) is 6.04 Å². The predicted molar refractivity (Wildman–Crippen MR) is 100 cm³/mol. The van der Waals surface area contributed by atoms with E-state index in [1.807, 2.05) is 6.92 Å². The Morgan fingerprint density at radius 3 is 2.38 bits per heavy atom. The first-order valence-corrected chi connectivity index (χ1v) is 11.6. The molecule has 0 bridgehead atoms. The molecule has 1 saturated heterocycles. The van der Waals surface area contributed by atoms with Crippen molar-refractivity contribution in [2.75, 3.05) is 0 Å². The molecule has 0 aromatic rings. The number of hydrogen-bond donors (Lipinski definition) is 2. The van der Waals surface area contributed by atoms with E-state index >= 15 is 0 Å². The summed E-state index contributed by atoms with van der Waals surface area (Å²) in [6.07, 6.45) is 4.47. The number of fused-ring (bicyclic) bond motifs is 5. The molecule has 9 atom stereocenters. The fraction of sp³-hybridized carbons (Fsp3) is 0.900. The second-order valence-electron chi connectivity index (χ2n) is 9.97. The molecule has 1 heterocycles. The SMILES string of the molecule is C[C@]12C[C@@H](S(=O)C(F)(F)F)C(=O)N[C@@H]1CC[C@@H]1[C@@H]2CC[C@]2(C)[C@@H](C(=O)O)CC[C@@H]12. The lowest BCUT2D eigenvalue weighted by atomic mass is 9.47. The maximum absolute atomic E-state index is 13.1. The lowest BCUT2D eigenvalue weighted by Crippen LogP contribution is -2.65. The van der Waals surface area contributed by atoms with Crippen LogP contribution >= 0.6 is 0 Å². The number of amides is 1. The van der Waals surface area contributed by atoms with Crippen molar-refractivity contribution in [3.8, 4) is 0 Å². The van der Waals surface area contributed by atoms with Crippen molar-refractivity contribution in [1.29, 1.82) is 0 Å². The second-order valence-corrected chi connectivity index (χ2v) is 11.6. The summed E-state index contributed by atoms with van der Waals surface area (Å²) in [4.78, 5) is 24.1. The molecule has 3 saturated carbocycles. The van der Waals surface area contributed by atoms with Gasteiger partial charge in [-0.1, -0.05) is 13.8 Å². The van der Waals surface area contributed by atoms with Gasteiger partial charge in [-0.3, -0.25) is 9.59 Å². The van der Waals surface area contributed by atoms with Gasteiger partial charge >= 0.3 is 11.5 Å². The Bertz CT molecular complexity index is 758. The molecule has 1 aliphatic heterocycles. The molecular formula is C20H28F3NO4S. The molecule has 0 spiro atoms. The van der Waals surface area contributed by atoms with E-state index in [1.54, 1.807) is 0 Å². The van der Waals surface area contributed by atoms with Crippen LogP contribution in [-0.2, 0) is 20.4 Å². The number of carboxylic acid groups (broad SMARTS) is 1. The number of halogens is 3. The van der Waals surface area contributed by atoms with Gasteiger partial charge < -0.3 is 10.4 Å². The molecule has 1 unspecified atom stereocenters. The first-order valence-electron chi connectivity index (χ1n) is 10.4. The minimum atomic E-state index is -4.91. The third-order valence-corrected chi connectivity index (χ3v) is 10.2. The molecule has 0 radical (unpaired) electrons. The number of nitrogens with one attached hydrogen (secondary N) is 1. The van der Waals surface area contributed by atoms with Gasteiger partial charge in [-0.05, 0) is 73.5 Å². The van der Waals surface area contributed by atoms with Crippen LogP contribution in [0.2, 0.25) is 0 Å². The minimum Gasteiger partial charge on any atom is -0.481 e. The highest BCUT2D eigenvalue weighted by Crippen LogP contribution is 2.65. The largest absolute Gasteiger partial charge is 0.481 e. The van der Waals surface area contributed by atoms with Crippen molar-refractivity contribution in [2.45, 2.75) is 75.6 Å². The quantitative estimate of drug-likeness (QED) is 0.696. The maximum atomic E-state index is 13.1. The summed E-state index contributed by atoms with van der Waals surface area (Å²) in [6.45, 7) is 4.01. The summed E-state index contributed by atoms with van der Waals surface area (Å²) in [7, 11) is -3.22. The molecule has 1 amide bonds. The molecule has 2 N–H and O–H groups in total. The Labute approximate surface area is 170 Å². The zero-order valence-electron chi connectivity index (χ0n) is 16.6. The number of carboxylic acids is 1. The van der Waals surface area contributed by atoms with Crippen LogP contribution in [0.25, 0.3) is 0 Å². The molecule has 0 aromatic carbocycles. The Morgan fingerprint density at radius 1 is 1.10 bits per heavy atom. The van der Waals surface area contributed by atoms with Gasteiger partial charge in [-0.15, -0.1) is 0 Å². The normalized spacial score (nSPS) is 48.1. The second kappa shape index (κ2) is 6.69. The standard InChI is InChI=1S/C20H28F3NO4S/c1-18-8-7-12-10(11(18)4-5-13(18)17(26)27)3-6-15-19(12,2)9-14(16(25)24-15)29(28)20(21,22)23/h10-15H,3-9H2,1-2H3,(H,24,25)(H,26,27)/t10-,11-,12-,13+,14+,15+,18-,19+,29?/m0/s1. The Balaban J connectivity index is 1.63. The van der Waals surface area contributed by atoms with Crippen LogP contribution in [0.3, 0.4) is 0 Å². The first-order chi connectivity index (χ1) is 13.4. The van der Waals surface area contributed by atoms with Crippen LogP contribution in [-0.4, -0.2) is 38.0 Å². The molecule has 4 fully saturated rings. The maximum Gasteiger partial charge on any atom is 0.472 e. The smallest absolute Gasteiger partial charge is 0.472 e. The molecule has 0 aromatic heterocycles. The summed E-state index contributed by atoms with van der Waals surface area (Å²) in [5.74, 6) is -1.28. The first kappa shape index (κ1) is 21.1. The van der Waals surface area contributed by atoms with Crippen LogP contribution in [0.15, 0.2) is 0 Å². The summed E-state index contributed by atoms with van der Waals surface area (Å²) in [6, 6.07) is -0.209. The van der Waals surface area contributed by atoms with E-state index in [1.165, 1.54) is 0 Å². The number of rotatable bonds is 2. The third-order valence-electron chi connectivity index (χ3n) is 8.89. The number of piperidine rings is 1. The van der Waals surface area contributed by atoms with E-state index in [-0.39, 0.29) is 41.5 Å². The summed E-state index contributed by atoms with van der Waals surface area (Å²) < 4.78 is 51.3. The molecule has 3 aliphatic carbocycles. The van der Waals surface area contributed by atoms with Crippen molar-refractivity contribution in [1.82, 2.24) is 5.32 Å². The molecule has 164 valence electrons. The van der Waals surface area contributed by atoms with Gasteiger partial charge in [-0.2, -0.15) is 13.2 Å². The van der Waals surface area contributed by atoms with E-state index in [4.69, 9.17) is 0 Å². The number of carbonyl (C=O) groups is 2. The molecule has 9 heteroatoms. The summed E-state index contributed by atoms with van der Waals surface area (Å²) >= 11 is 0. The van der Waals surface area contributed by atoms with Crippen molar-refractivity contribution in [3.05, 3.63) is 0 Å². The highest BCUT2D eigenvalue weighted by atomic mass is 32.2. The molecule has 4 rings (SSSR count). The van der Waals surface area contributed by atoms with Crippen molar-refractivity contribution in [2.24, 2.45) is 34.5 Å². The highest BCUT2D eigenvalue weighted by Gasteiger charge is 2.63. The van der Waals surface area contributed by atoms with Gasteiger partial charge in [0.05, 0.1) is 5.92 Å². The molecule has 29 heavy (non-hydrogen) atoms. The zero-order valence-corrected chi connectivity index (χ0v) is 17.4. The van der Waals surface area contributed by atoms with Crippen molar-refractivity contribution >= 4 is 22.7 Å². The Hall–Kier alpha value is -1.12. The van der Waals surface area contributed by atoms with Gasteiger partial charge in [0.1, 0.15) is 16.0 Å². The minimum absolute atomic E-state index is 0.0252. The number of hydrogen-bond acceptors (Lipinski definition) is 3. The lowest BCUT2D eigenvalue weighted by Gasteiger charge is -2.60. The van der Waals surface area contributed by atoms with Crippen molar-refractivity contribution in [3.63, 3.8) is 0 Å². The van der Waals surface area contributed by atoms with Gasteiger partial charge in [-0.25, -0.2) is 4.21 Å². The van der Waals surface area contributed by atoms with E-state index in [2.05, 4.69) is 12.2 Å². The van der Waals surface area contributed by atoms with Crippen LogP contribution < -0.4 is 5.32 Å². The Morgan fingerprint density at radius 2 is 1.76 bits per heavy atom. The fourth-order valence-corrected chi connectivity index (χ4v) is 8.58. The van der Waals surface area contributed by atoms with Crippen LogP contribution in [0.4, 0.5) is 13.2 Å². The van der Waals surface area contributed by atoms with Crippen LogP contribution in [0, 0.1) is 34.5 Å². The molecular weight excluding hydrogens is 407 g/mol. The highest BCUT2D eigenvalue weighted by molar-refractivity contribution is 7.87. The number of carbonyl (C=O) groups excluding carboxylic acids is 1. The lowest BCUT2D eigenvalue weighted by molar-refractivity contribution is -0.152. The average molecular weight is 436 g/mol. The van der Waals surface area contributed by atoms with E-state index in [0.29, 0.717) is 12.8 Å². The van der Waals surface area contributed by atoms with Crippen molar-refractivity contribution < 1.29 is 32.1 Å². The summed E-state index contributed by atoms with van der Waals surface area (Å²) in [5, 5.41) is 10.9. The van der Waals surface area contributed by atoms with Crippen LogP contribution in [0.5, 0.6) is 0 Å². The Kier molecular flexibility index (Phi) is 4.87. The molecule has 5 nitrogen and oxygen atoms in total. The predicted octanol–water partition coefficient (Wildman–Crippen LogP) is 3.46. The fourth-order valence-electron chi connectivity index (χ4n) is 7.48. The molecule has 4 aliphatic rings. The van der Waals surface area contributed by atoms with Gasteiger partial charge in [0.2, 0.25) is 5.91 Å². The number of alkyl halides is 3. The van der Waals surface area contributed by atoms with Crippen LogP contribution in [0.1, 0.15) is 58.8 Å². The van der Waals surface area contributed by atoms with Gasteiger partial charge in [0.25, 0.3) is 0 Å². The van der Waals surface area contributed by atoms with Gasteiger partial charge in [0.15, 0.2) is 0 Å². The summed E-state index contributed by atoms with van der Waals surface area (Å²) in [5.41, 5.74) is -5.74. The topological polar surface area (TPSA) is 83.5 Å². The zero-order chi connectivity index (χ0) is 21.4. The average Bonchev–Trinajstić information content (AvgIpc) is 2.98. The monoisotopic (exact) mass is 435 g/mol. The number of aliphatic carboxylic acids is 1. The van der Waals surface area contributed by atoms with E-state index in [9.17, 15) is 32.1 Å². The third kappa shape index (κ3) is 3.05. The van der Waals surface area contributed by atoms with E-state index in [0.717, 1.165) is 25.7 Å². The van der Waals surface area contributed by atoms with E-state index < -0.39 is 38.8 Å².